The van der Waals surface area contributed by atoms with Crippen LogP contribution in [-0.2, 0) is 9.59 Å². The summed E-state index contributed by atoms with van der Waals surface area (Å²) in [4.78, 5) is 32.5. The Balaban J connectivity index is 1.56. The fraction of sp³-hybridized carbons (Fsp3) is 0.346. The zero-order valence-corrected chi connectivity index (χ0v) is 19.1. The number of piperidine rings is 1. The number of allylic oxidation sites excluding steroid dienone is 3. The van der Waals surface area contributed by atoms with E-state index in [9.17, 15) is 14.7 Å². The minimum absolute atomic E-state index is 0.154. The molecule has 34 heavy (non-hydrogen) atoms. The Kier molecular flexibility index (Phi) is 5.83. The van der Waals surface area contributed by atoms with Crippen molar-refractivity contribution in [2.75, 3.05) is 36.5 Å². The number of fused-ring (bicyclic) bond motifs is 1. The Morgan fingerprint density at radius 2 is 1.91 bits per heavy atom. The molecule has 1 fully saturated rings. The number of anilines is 2. The van der Waals surface area contributed by atoms with Gasteiger partial charge < -0.3 is 25.3 Å². The Hall–Kier alpha value is -3.65. The maximum absolute atomic E-state index is 12.9. The molecule has 0 radical (unpaired) electrons. The molecule has 2 aliphatic heterocycles. The van der Waals surface area contributed by atoms with Crippen LogP contribution < -0.4 is 15.1 Å². The number of pyridine rings is 1. The smallest absolute Gasteiger partial charge is 0.322 e. The number of aromatic nitrogens is 1. The van der Waals surface area contributed by atoms with E-state index in [0.29, 0.717) is 11.4 Å². The van der Waals surface area contributed by atoms with Crippen LogP contribution >= 0.6 is 0 Å². The lowest BCUT2D eigenvalue weighted by Crippen LogP contribution is -2.44. The molecule has 1 atom stereocenters. The molecule has 1 aliphatic carbocycles. The molecule has 0 spiro atoms. The Morgan fingerprint density at radius 1 is 1.15 bits per heavy atom. The lowest BCUT2D eigenvalue weighted by molar-refractivity contribution is -0.137. The molecule has 1 amide bonds. The van der Waals surface area contributed by atoms with Gasteiger partial charge in [0.1, 0.15) is 12.4 Å². The molecule has 1 saturated heterocycles. The molecule has 1 aromatic heterocycles. The Morgan fingerprint density at radius 3 is 2.62 bits per heavy atom. The van der Waals surface area contributed by atoms with Crippen LogP contribution in [0.25, 0.3) is 16.7 Å². The predicted octanol–water partition coefficient (Wildman–Crippen LogP) is 2.79. The molecule has 3 aliphatic rings. The van der Waals surface area contributed by atoms with Crippen LogP contribution in [0.5, 0.6) is 0 Å². The lowest BCUT2D eigenvalue weighted by atomic mass is 9.90. The number of carbonyl (C=O) groups excluding carboxylic acids is 1. The predicted molar refractivity (Wildman–Crippen MR) is 130 cm³/mol. The van der Waals surface area contributed by atoms with E-state index in [4.69, 9.17) is 5.11 Å². The van der Waals surface area contributed by atoms with Gasteiger partial charge in [0.2, 0.25) is 0 Å². The lowest BCUT2D eigenvalue weighted by Gasteiger charge is -2.34. The number of nitrogens with zero attached hydrogens (tertiary/aromatic N) is 3. The van der Waals surface area contributed by atoms with Crippen molar-refractivity contribution in [3.63, 3.8) is 0 Å². The van der Waals surface area contributed by atoms with Gasteiger partial charge in [0, 0.05) is 48.7 Å². The molecule has 0 saturated carbocycles. The van der Waals surface area contributed by atoms with E-state index in [0.717, 1.165) is 41.8 Å². The van der Waals surface area contributed by atoms with Crippen LogP contribution in [0, 0.1) is 0 Å². The normalized spacial score (nSPS) is 19.5. The molecular weight excluding hydrogens is 432 g/mol. The van der Waals surface area contributed by atoms with Crippen molar-refractivity contribution in [2.45, 2.75) is 31.9 Å². The third-order valence-electron chi connectivity index (χ3n) is 6.64. The van der Waals surface area contributed by atoms with E-state index in [1.165, 1.54) is 24.9 Å². The van der Waals surface area contributed by atoms with Crippen molar-refractivity contribution in [1.29, 1.82) is 0 Å². The van der Waals surface area contributed by atoms with E-state index < -0.39 is 24.6 Å². The summed E-state index contributed by atoms with van der Waals surface area (Å²) in [5.41, 5.74) is 5.66. The summed E-state index contributed by atoms with van der Waals surface area (Å²) in [5, 5.41) is 22.3. The van der Waals surface area contributed by atoms with Gasteiger partial charge in [-0.2, -0.15) is 0 Å². The summed E-state index contributed by atoms with van der Waals surface area (Å²) in [5.74, 6) is -1.15. The van der Waals surface area contributed by atoms with Crippen LogP contribution in [0.2, 0.25) is 0 Å². The van der Waals surface area contributed by atoms with Gasteiger partial charge in [0.05, 0.1) is 5.57 Å². The van der Waals surface area contributed by atoms with E-state index >= 15 is 0 Å². The monoisotopic (exact) mass is 460 g/mol. The maximum Gasteiger partial charge on any atom is 0.322 e. The van der Waals surface area contributed by atoms with Gasteiger partial charge in [0.25, 0.3) is 5.91 Å². The molecule has 3 heterocycles. The van der Waals surface area contributed by atoms with Crippen LogP contribution in [0.3, 0.4) is 0 Å². The van der Waals surface area contributed by atoms with Crippen LogP contribution in [0.15, 0.2) is 53.8 Å². The second kappa shape index (κ2) is 8.95. The highest BCUT2D eigenvalue weighted by Gasteiger charge is 2.37. The van der Waals surface area contributed by atoms with Gasteiger partial charge in [-0.25, -0.2) is 4.98 Å². The number of aliphatic carboxylic acids is 1. The number of amides is 1. The Bertz CT molecular complexity index is 1210. The first kappa shape index (κ1) is 22.2. The molecule has 5 rings (SSSR count). The van der Waals surface area contributed by atoms with E-state index in [1.807, 2.05) is 12.1 Å². The number of rotatable bonds is 6. The van der Waals surface area contributed by atoms with Crippen molar-refractivity contribution in [3.8, 4) is 11.1 Å². The Labute approximate surface area is 198 Å². The van der Waals surface area contributed by atoms with Gasteiger partial charge >= 0.3 is 5.97 Å². The van der Waals surface area contributed by atoms with Crippen molar-refractivity contribution in [1.82, 2.24) is 10.3 Å². The largest absolute Gasteiger partial charge is 0.480 e. The summed E-state index contributed by atoms with van der Waals surface area (Å²) in [6, 6.07) is 10.4. The minimum atomic E-state index is -1.22. The number of hydrogen-bond acceptors (Lipinski definition) is 6. The molecular formula is C26H28N4O4. The summed E-state index contributed by atoms with van der Waals surface area (Å²) in [6.45, 7) is 1.61. The van der Waals surface area contributed by atoms with Crippen molar-refractivity contribution < 1.29 is 19.8 Å². The summed E-state index contributed by atoms with van der Waals surface area (Å²) >= 11 is 0. The molecule has 8 heteroatoms. The first-order chi connectivity index (χ1) is 16.4. The molecule has 2 aromatic rings. The molecule has 3 N–H and O–H groups in total. The average Bonchev–Trinajstić information content (AvgIpc) is 3.70. The number of benzene rings is 1. The standard InChI is InChI=1S/C26H28N4O4/c1-29-24-20(22(16-8-9-16)23(26(29)34)25(33)28-15-21(31)32)13-18(14-27-24)17-6-5-7-19(12-17)30-10-3-2-4-11-30/h5-8,12-14,26,34H,2-4,9-11,15H2,1H3,(H,28,33)(H,31,32). The maximum atomic E-state index is 12.9. The first-order valence-electron chi connectivity index (χ1n) is 11.6. The zero-order chi connectivity index (χ0) is 23.8. The zero-order valence-electron chi connectivity index (χ0n) is 19.1. The molecule has 1 unspecified atom stereocenters. The quantitative estimate of drug-likeness (QED) is 0.609. The van der Waals surface area contributed by atoms with Gasteiger partial charge in [0.15, 0.2) is 6.23 Å². The number of carboxylic acid groups (broad SMARTS) is 1. The first-order valence-corrected chi connectivity index (χ1v) is 11.6. The van der Waals surface area contributed by atoms with E-state index in [-0.39, 0.29) is 5.57 Å². The number of aliphatic hydroxyl groups excluding tert-OH is 1. The minimum Gasteiger partial charge on any atom is -0.480 e. The number of likely N-dealkylation sites (N-methyl/N-ethyl adjacent to an activating group) is 1. The third kappa shape index (κ3) is 4.17. The highest BCUT2D eigenvalue weighted by Crippen LogP contribution is 2.45. The fourth-order valence-electron chi connectivity index (χ4n) is 4.78. The van der Waals surface area contributed by atoms with Gasteiger partial charge in [-0.3, -0.25) is 9.59 Å². The number of carbonyl (C=O) groups is 2. The van der Waals surface area contributed by atoms with Crippen LogP contribution in [0.1, 0.15) is 31.2 Å². The van der Waals surface area contributed by atoms with Gasteiger partial charge in [-0.05, 0) is 55.0 Å². The molecule has 1 aromatic carbocycles. The topological polar surface area (TPSA) is 106 Å². The number of carboxylic acids is 1. The van der Waals surface area contributed by atoms with Crippen molar-refractivity contribution >= 4 is 29.0 Å². The number of hydrogen-bond donors (Lipinski definition) is 3. The molecule has 176 valence electrons. The summed E-state index contributed by atoms with van der Waals surface area (Å²) in [6.07, 6.45) is 6.97. The average molecular weight is 461 g/mol. The van der Waals surface area contributed by atoms with Gasteiger partial charge in [-0.1, -0.05) is 18.2 Å². The fourth-order valence-corrected chi connectivity index (χ4v) is 4.78. The number of nitrogens with one attached hydrogen (secondary N) is 1. The van der Waals surface area contributed by atoms with Crippen molar-refractivity contribution in [3.05, 3.63) is 59.3 Å². The highest BCUT2D eigenvalue weighted by atomic mass is 16.4. The highest BCUT2D eigenvalue weighted by molar-refractivity contribution is 6.10. The summed E-state index contributed by atoms with van der Waals surface area (Å²) in [7, 11) is 1.68. The second-order valence-electron chi connectivity index (χ2n) is 8.98. The van der Waals surface area contributed by atoms with E-state index in [2.05, 4.69) is 39.5 Å². The third-order valence-corrected chi connectivity index (χ3v) is 6.64. The molecule has 8 nitrogen and oxygen atoms in total. The molecule has 0 bridgehead atoms. The van der Waals surface area contributed by atoms with Crippen LogP contribution in [-0.4, -0.2) is 60.0 Å². The van der Waals surface area contributed by atoms with Crippen molar-refractivity contribution in [2.24, 2.45) is 0 Å². The number of aliphatic hydroxyl groups is 1. The van der Waals surface area contributed by atoms with Gasteiger partial charge in [-0.15, -0.1) is 0 Å². The van der Waals surface area contributed by atoms with E-state index in [1.54, 1.807) is 18.1 Å². The SMILES string of the molecule is CN1c2ncc(-c3cccc(N4CCCCC4)c3)cc2C(C2=CC2)=C(C(=O)NCC(=O)O)C1O. The van der Waals surface area contributed by atoms with Crippen LogP contribution in [0.4, 0.5) is 11.5 Å². The second-order valence-corrected chi connectivity index (χ2v) is 8.98. The summed E-state index contributed by atoms with van der Waals surface area (Å²) < 4.78 is 0.